The molecule has 0 radical (unpaired) electrons. The molecule has 1 aromatic carbocycles. The number of halogens is 2. The summed E-state index contributed by atoms with van der Waals surface area (Å²) in [5.41, 5.74) is 0.870. The number of hydrogen-bond donors (Lipinski definition) is 1. The summed E-state index contributed by atoms with van der Waals surface area (Å²) in [5, 5.41) is 0. The van der Waals surface area contributed by atoms with Crippen molar-refractivity contribution < 1.29 is 12.8 Å². The van der Waals surface area contributed by atoms with E-state index in [0.717, 1.165) is 11.6 Å². The summed E-state index contributed by atoms with van der Waals surface area (Å²) in [6.45, 7) is 1.82. The van der Waals surface area contributed by atoms with Gasteiger partial charge in [0.2, 0.25) is 0 Å². The Balaban J connectivity index is 2.35. The number of pyridine rings is 1. The molecule has 1 N–H and O–H groups in total. The van der Waals surface area contributed by atoms with Crippen molar-refractivity contribution in [3.05, 3.63) is 52.4 Å². The number of nitrogens with zero attached hydrogens (tertiary/aromatic N) is 1. The summed E-state index contributed by atoms with van der Waals surface area (Å²) < 4.78 is 40.0. The molecule has 0 aliphatic carbocycles. The van der Waals surface area contributed by atoms with Gasteiger partial charge in [-0.1, -0.05) is 0 Å². The van der Waals surface area contributed by atoms with Gasteiger partial charge in [-0.3, -0.25) is 4.72 Å². The van der Waals surface area contributed by atoms with Crippen LogP contribution in [0.4, 0.5) is 10.2 Å². The van der Waals surface area contributed by atoms with E-state index in [4.69, 9.17) is 0 Å². The largest absolute Gasteiger partial charge is 0.263 e. The van der Waals surface area contributed by atoms with Crippen LogP contribution in [-0.4, -0.2) is 13.4 Å². The van der Waals surface area contributed by atoms with Gasteiger partial charge in [0.05, 0.1) is 9.37 Å². The number of sulfonamides is 1. The fraction of sp³-hybridized carbons (Fsp3) is 0.0833. The lowest BCUT2D eigenvalue weighted by atomic mass is 10.3. The maximum absolute atomic E-state index is 13.4. The van der Waals surface area contributed by atoms with E-state index in [1.165, 1.54) is 18.3 Å². The zero-order valence-corrected chi connectivity index (χ0v) is 12.3. The predicted octanol–water partition coefficient (Wildman–Crippen LogP) is 3.09. The van der Waals surface area contributed by atoms with Crippen LogP contribution in [0.1, 0.15) is 5.56 Å². The fourth-order valence-electron chi connectivity index (χ4n) is 1.43. The van der Waals surface area contributed by atoms with Gasteiger partial charge >= 0.3 is 0 Å². The molecule has 0 aliphatic rings. The lowest BCUT2D eigenvalue weighted by Crippen LogP contribution is -2.14. The monoisotopic (exact) mass is 344 g/mol. The fourth-order valence-corrected chi connectivity index (χ4v) is 2.69. The van der Waals surface area contributed by atoms with Crippen molar-refractivity contribution in [3.63, 3.8) is 0 Å². The standard InChI is InChI=1S/C12H10BrFN2O2S/c1-8-4-5-15-12(6-8)16-19(17,18)9-2-3-10(13)11(14)7-9/h2-7H,1H3,(H,15,16). The molecular weight excluding hydrogens is 335 g/mol. The zero-order chi connectivity index (χ0) is 14.0. The van der Waals surface area contributed by atoms with E-state index in [1.807, 2.05) is 6.92 Å². The summed E-state index contributed by atoms with van der Waals surface area (Å²) in [4.78, 5) is 3.74. The second-order valence-corrected chi connectivity index (χ2v) is 6.44. The molecule has 100 valence electrons. The molecule has 1 heterocycles. The number of rotatable bonds is 3. The average Bonchev–Trinajstić information content (AvgIpc) is 2.32. The molecule has 0 bridgehead atoms. The second kappa shape index (κ2) is 5.26. The van der Waals surface area contributed by atoms with Crippen LogP contribution >= 0.6 is 15.9 Å². The molecule has 2 aromatic rings. The molecule has 0 fully saturated rings. The number of nitrogens with one attached hydrogen (secondary N) is 1. The lowest BCUT2D eigenvalue weighted by molar-refractivity contribution is 0.593. The van der Waals surface area contributed by atoms with Gasteiger partial charge < -0.3 is 0 Å². The zero-order valence-electron chi connectivity index (χ0n) is 9.89. The summed E-state index contributed by atoms with van der Waals surface area (Å²) >= 11 is 2.97. The molecule has 2 rings (SSSR count). The van der Waals surface area contributed by atoms with E-state index >= 15 is 0 Å². The van der Waals surface area contributed by atoms with Crippen LogP contribution in [0.5, 0.6) is 0 Å². The summed E-state index contributed by atoms with van der Waals surface area (Å²) in [6.07, 6.45) is 1.50. The van der Waals surface area contributed by atoms with E-state index in [9.17, 15) is 12.8 Å². The number of hydrogen-bond acceptors (Lipinski definition) is 3. The van der Waals surface area contributed by atoms with Crippen LogP contribution < -0.4 is 4.72 Å². The highest BCUT2D eigenvalue weighted by Gasteiger charge is 2.16. The topological polar surface area (TPSA) is 59.1 Å². The number of aryl methyl sites for hydroxylation is 1. The molecular formula is C12H10BrFN2O2S. The molecule has 7 heteroatoms. The highest BCUT2D eigenvalue weighted by Crippen LogP contribution is 2.21. The number of benzene rings is 1. The quantitative estimate of drug-likeness (QED) is 0.930. The normalized spacial score (nSPS) is 11.3. The first-order chi connectivity index (χ1) is 8.88. The van der Waals surface area contributed by atoms with Crippen molar-refractivity contribution in [2.24, 2.45) is 0 Å². The van der Waals surface area contributed by atoms with Crippen LogP contribution in [0, 0.1) is 12.7 Å². The van der Waals surface area contributed by atoms with Gasteiger partial charge in [0, 0.05) is 6.20 Å². The SMILES string of the molecule is Cc1ccnc(NS(=O)(=O)c2ccc(Br)c(F)c2)c1. The highest BCUT2D eigenvalue weighted by molar-refractivity contribution is 9.10. The lowest BCUT2D eigenvalue weighted by Gasteiger charge is -2.08. The minimum Gasteiger partial charge on any atom is -0.263 e. The molecule has 4 nitrogen and oxygen atoms in total. The van der Waals surface area contributed by atoms with Gasteiger partial charge in [-0.15, -0.1) is 0 Å². The van der Waals surface area contributed by atoms with Crippen LogP contribution in [0.2, 0.25) is 0 Å². The van der Waals surface area contributed by atoms with Crippen LogP contribution in [0.3, 0.4) is 0 Å². The third-order valence-electron chi connectivity index (χ3n) is 2.36. The van der Waals surface area contributed by atoms with Crippen LogP contribution in [0.15, 0.2) is 45.9 Å². The summed E-state index contributed by atoms with van der Waals surface area (Å²) in [5.74, 6) is -0.441. The Morgan fingerprint density at radius 2 is 2.00 bits per heavy atom. The Morgan fingerprint density at radius 3 is 2.63 bits per heavy atom. The van der Waals surface area contributed by atoms with Gasteiger partial charge in [0.1, 0.15) is 11.6 Å². The van der Waals surface area contributed by atoms with Gasteiger partial charge in [0.25, 0.3) is 10.0 Å². The molecule has 0 atom stereocenters. The van der Waals surface area contributed by atoms with Gasteiger partial charge in [-0.05, 0) is 58.7 Å². The molecule has 19 heavy (non-hydrogen) atoms. The summed E-state index contributed by atoms with van der Waals surface area (Å²) in [6, 6.07) is 6.94. The van der Waals surface area contributed by atoms with Crippen molar-refractivity contribution in [1.82, 2.24) is 4.98 Å². The van der Waals surface area contributed by atoms with Crippen LogP contribution in [0.25, 0.3) is 0 Å². The van der Waals surface area contributed by atoms with Crippen molar-refractivity contribution in [1.29, 1.82) is 0 Å². The molecule has 0 amide bonds. The van der Waals surface area contributed by atoms with Gasteiger partial charge in [-0.2, -0.15) is 0 Å². The second-order valence-electron chi connectivity index (χ2n) is 3.90. The Kier molecular flexibility index (Phi) is 3.86. The van der Waals surface area contributed by atoms with Crippen molar-refractivity contribution in [2.45, 2.75) is 11.8 Å². The van der Waals surface area contributed by atoms with E-state index in [0.29, 0.717) is 0 Å². The maximum atomic E-state index is 13.4. The van der Waals surface area contributed by atoms with E-state index in [1.54, 1.807) is 12.1 Å². The van der Waals surface area contributed by atoms with Gasteiger partial charge in [0.15, 0.2) is 0 Å². The molecule has 1 aromatic heterocycles. The molecule has 0 saturated heterocycles. The van der Waals surface area contributed by atoms with Crippen molar-refractivity contribution >= 4 is 31.8 Å². The first kappa shape index (κ1) is 14.0. The van der Waals surface area contributed by atoms with E-state index < -0.39 is 15.8 Å². The Morgan fingerprint density at radius 1 is 1.26 bits per heavy atom. The highest BCUT2D eigenvalue weighted by atomic mass is 79.9. The predicted molar refractivity (Wildman–Crippen MR) is 73.9 cm³/mol. The van der Waals surface area contributed by atoms with E-state index in [2.05, 4.69) is 25.6 Å². The molecule has 0 saturated carbocycles. The third-order valence-corrected chi connectivity index (χ3v) is 4.35. The first-order valence-electron chi connectivity index (χ1n) is 5.29. The molecule has 0 unspecified atom stereocenters. The van der Waals surface area contributed by atoms with Gasteiger partial charge in [-0.25, -0.2) is 17.8 Å². The summed E-state index contributed by atoms with van der Waals surface area (Å²) in [7, 11) is -3.84. The van der Waals surface area contributed by atoms with E-state index in [-0.39, 0.29) is 15.2 Å². The minimum absolute atomic E-state index is 0.156. The Labute approximate surface area is 118 Å². The van der Waals surface area contributed by atoms with Crippen LogP contribution in [-0.2, 0) is 10.0 Å². The van der Waals surface area contributed by atoms with Crippen molar-refractivity contribution in [2.75, 3.05) is 4.72 Å². The molecule has 0 aliphatic heterocycles. The third kappa shape index (κ3) is 3.30. The number of anilines is 1. The Bertz CT molecular complexity index is 719. The smallest absolute Gasteiger partial charge is 0.263 e. The van der Waals surface area contributed by atoms with Crippen molar-refractivity contribution in [3.8, 4) is 0 Å². The minimum atomic E-state index is -3.84. The maximum Gasteiger partial charge on any atom is 0.263 e. The Hall–Kier alpha value is -1.47. The first-order valence-corrected chi connectivity index (χ1v) is 7.56. The average molecular weight is 345 g/mol. The number of aromatic nitrogens is 1. The molecule has 0 spiro atoms.